The molecule has 0 aliphatic heterocycles. The molecule has 0 saturated carbocycles. The van der Waals surface area contributed by atoms with Crippen molar-refractivity contribution < 1.29 is 8.42 Å². The molecule has 0 unspecified atom stereocenters. The van der Waals surface area contributed by atoms with Crippen LogP contribution in [0.1, 0.15) is 25.0 Å². The summed E-state index contributed by atoms with van der Waals surface area (Å²) in [7, 11) is -3.11. The van der Waals surface area contributed by atoms with Crippen LogP contribution >= 0.6 is 0 Å². The molecule has 0 spiro atoms. The average Bonchev–Trinajstić information content (AvgIpc) is 2.13. The molecule has 0 radical (unpaired) electrons. The molecule has 0 heterocycles. The highest BCUT2D eigenvalue weighted by Gasteiger charge is 2.02. The third-order valence-corrected chi connectivity index (χ3v) is 2.84. The van der Waals surface area contributed by atoms with Crippen molar-refractivity contribution >= 4 is 10.0 Å². The van der Waals surface area contributed by atoms with E-state index in [1.54, 1.807) is 0 Å². The molecule has 1 aromatic carbocycles. The lowest BCUT2D eigenvalue weighted by Crippen LogP contribution is -2.21. The number of benzene rings is 1. The minimum atomic E-state index is -3.11. The Labute approximate surface area is 97.9 Å². The van der Waals surface area contributed by atoms with Crippen molar-refractivity contribution in [2.45, 2.75) is 26.8 Å². The molecule has 0 atom stereocenters. The fourth-order valence-corrected chi connectivity index (χ4v) is 1.98. The molecular formula is C12H19NO2S. The highest BCUT2D eigenvalue weighted by molar-refractivity contribution is 7.88. The maximum atomic E-state index is 11.0. The summed E-state index contributed by atoms with van der Waals surface area (Å²) >= 11 is 0. The molecule has 1 rings (SSSR count). The highest BCUT2D eigenvalue weighted by Crippen LogP contribution is 2.10. The summed E-state index contributed by atoms with van der Waals surface area (Å²) in [5.41, 5.74) is 2.26. The van der Waals surface area contributed by atoms with Crippen molar-refractivity contribution in [3.05, 3.63) is 35.4 Å². The number of hydrogen-bond acceptors (Lipinski definition) is 2. The van der Waals surface area contributed by atoms with Crippen LogP contribution in [0.2, 0.25) is 0 Å². The lowest BCUT2D eigenvalue weighted by Gasteiger charge is -2.07. The van der Waals surface area contributed by atoms with Crippen molar-refractivity contribution in [2.75, 3.05) is 6.26 Å². The van der Waals surface area contributed by atoms with Gasteiger partial charge in [0.25, 0.3) is 0 Å². The predicted octanol–water partition coefficient (Wildman–Crippen LogP) is 1.93. The molecule has 4 heteroatoms. The number of rotatable bonds is 5. The van der Waals surface area contributed by atoms with E-state index in [1.807, 2.05) is 12.1 Å². The van der Waals surface area contributed by atoms with Gasteiger partial charge in [-0.1, -0.05) is 38.1 Å². The normalized spacial score (nSPS) is 12.0. The lowest BCUT2D eigenvalue weighted by atomic mass is 10.0. The zero-order valence-electron chi connectivity index (χ0n) is 10.0. The highest BCUT2D eigenvalue weighted by atomic mass is 32.2. The lowest BCUT2D eigenvalue weighted by molar-refractivity contribution is 0.587. The minimum absolute atomic E-state index is 0.366. The monoisotopic (exact) mass is 241 g/mol. The van der Waals surface area contributed by atoms with Crippen molar-refractivity contribution in [2.24, 2.45) is 5.92 Å². The standard InChI is InChI=1S/C12H19NO2S/c1-10(2)7-11-5-4-6-12(8-11)9-13-16(3,14)15/h4-6,8,10,13H,7,9H2,1-3H3. The fourth-order valence-electron chi connectivity index (χ4n) is 1.55. The Balaban J connectivity index is 2.67. The van der Waals surface area contributed by atoms with Crippen LogP contribution in [0.4, 0.5) is 0 Å². The molecular weight excluding hydrogens is 222 g/mol. The van der Waals surface area contributed by atoms with Gasteiger partial charge in [-0.15, -0.1) is 0 Å². The van der Waals surface area contributed by atoms with Crippen LogP contribution in [0.15, 0.2) is 24.3 Å². The molecule has 0 saturated heterocycles. The van der Waals surface area contributed by atoms with E-state index in [0.29, 0.717) is 12.5 Å². The van der Waals surface area contributed by atoms with E-state index in [-0.39, 0.29) is 0 Å². The van der Waals surface area contributed by atoms with E-state index in [1.165, 1.54) is 11.8 Å². The van der Waals surface area contributed by atoms with Gasteiger partial charge >= 0.3 is 0 Å². The van der Waals surface area contributed by atoms with E-state index in [2.05, 4.69) is 30.7 Å². The van der Waals surface area contributed by atoms with Crippen LogP contribution in [0.3, 0.4) is 0 Å². The van der Waals surface area contributed by atoms with E-state index < -0.39 is 10.0 Å². The molecule has 90 valence electrons. The van der Waals surface area contributed by atoms with Crippen LogP contribution in [0.25, 0.3) is 0 Å². The van der Waals surface area contributed by atoms with Crippen LogP contribution < -0.4 is 4.72 Å². The molecule has 16 heavy (non-hydrogen) atoms. The van der Waals surface area contributed by atoms with E-state index in [0.717, 1.165) is 12.0 Å². The van der Waals surface area contributed by atoms with Gasteiger partial charge < -0.3 is 0 Å². The SMILES string of the molecule is CC(C)Cc1cccc(CNS(C)(=O)=O)c1. The van der Waals surface area contributed by atoms with Crippen molar-refractivity contribution in [3.8, 4) is 0 Å². The van der Waals surface area contributed by atoms with Gasteiger partial charge in [-0.3, -0.25) is 0 Å². The Morgan fingerprint density at radius 1 is 1.25 bits per heavy atom. The largest absolute Gasteiger partial charge is 0.213 e. The quantitative estimate of drug-likeness (QED) is 0.856. The van der Waals surface area contributed by atoms with E-state index in [9.17, 15) is 8.42 Å². The summed E-state index contributed by atoms with van der Waals surface area (Å²) in [6.45, 7) is 4.70. The Hall–Kier alpha value is -0.870. The molecule has 0 fully saturated rings. The first-order chi connectivity index (χ1) is 7.37. The van der Waals surface area contributed by atoms with Crippen LogP contribution in [-0.4, -0.2) is 14.7 Å². The molecule has 1 aromatic rings. The molecule has 0 amide bonds. The van der Waals surface area contributed by atoms with E-state index >= 15 is 0 Å². The van der Waals surface area contributed by atoms with Gasteiger partial charge in [0.2, 0.25) is 10.0 Å². The summed E-state index contributed by atoms with van der Waals surface area (Å²) in [5.74, 6) is 0.609. The van der Waals surface area contributed by atoms with Crippen molar-refractivity contribution in [1.82, 2.24) is 4.72 Å². The fraction of sp³-hybridized carbons (Fsp3) is 0.500. The van der Waals surface area contributed by atoms with E-state index in [4.69, 9.17) is 0 Å². The second kappa shape index (κ2) is 5.46. The maximum absolute atomic E-state index is 11.0. The number of nitrogens with one attached hydrogen (secondary N) is 1. The average molecular weight is 241 g/mol. The maximum Gasteiger partial charge on any atom is 0.209 e. The summed E-state index contributed by atoms with van der Waals surface area (Å²) in [4.78, 5) is 0. The van der Waals surface area contributed by atoms with Gasteiger partial charge in [-0.25, -0.2) is 13.1 Å². The van der Waals surface area contributed by atoms with Gasteiger partial charge in [0.15, 0.2) is 0 Å². The Kier molecular flexibility index (Phi) is 4.50. The second-order valence-corrected chi connectivity index (χ2v) is 6.34. The molecule has 0 bridgehead atoms. The van der Waals surface area contributed by atoms with Gasteiger partial charge in [-0.05, 0) is 23.5 Å². The molecule has 0 aliphatic carbocycles. The number of hydrogen-bond donors (Lipinski definition) is 1. The van der Waals surface area contributed by atoms with Gasteiger partial charge in [0.05, 0.1) is 6.26 Å². The Morgan fingerprint density at radius 3 is 2.44 bits per heavy atom. The first-order valence-electron chi connectivity index (χ1n) is 5.39. The third kappa shape index (κ3) is 5.28. The third-order valence-electron chi connectivity index (χ3n) is 2.17. The first kappa shape index (κ1) is 13.2. The molecule has 1 N–H and O–H groups in total. The topological polar surface area (TPSA) is 46.2 Å². The Bertz CT molecular complexity index is 438. The molecule has 0 aliphatic rings. The van der Waals surface area contributed by atoms with Gasteiger partial charge in [0, 0.05) is 6.54 Å². The Morgan fingerprint density at radius 2 is 1.88 bits per heavy atom. The summed E-state index contributed by atoms with van der Waals surface area (Å²) in [6, 6.07) is 8.03. The smallest absolute Gasteiger partial charge is 0.209 e. The zero-order chi connectivity index (χ0) is 12.2. The van der Waals surface area contributed by atoms with Crippen LogP contribution in [0, 0.1) is 5.92 Å². The second-order valence-electron chi connectivity index (χ2n) is 4.51. The van der Waals surface area contributed by atoms with Crippen molar-refractivity contribution in [1.29, 1.82) is 0 Å². The van der Waals surface area contributed by atoms with Crippen LogP contribution in [0.5, 0.6) is 0 Å². The molecule has 0 aromatic heterocycles. The first-order valence-corrected chi connectivity index (χ1v) is 7.28. The predicted molar refractivity (Wildman–Crippen MR) is 66.7 cm³/mol. The van der Waals surface area contributed by atoms with Gasteiger partial charge in [0.1, 0.15) is 0 Å². The zero-order valence-corrected chi connectivity index (χ0v) is 10.8. The van der Waals surface area contributed by atoms with Crippen molar-refractivity contribution in [3.63, 3.8) is 0 Å². The summed E-state index contributed by atoms with van der Waals surface area (Å²) in [6.07, 6.45) is 2.19. The minimum Gasteiger partial charge on any atom is -0.213 e. The molecule has 3 nitrogen and oxygen atoms in total. The summed E-state index contributed by atoms with van der Waals surface area (Å²) in [5, 5.41) is 0. The van der Waals surface area contributed by atoms with Crippen LogP contribution in [-0.2, 0) is 23.0 Å². The van der Waals surface area contributed by atoms with Gasteiger partial charge in [-0.2, -0.15) is 0 Å². The number of sulfonamides is 1. The summed E-state index contributed by atoms with van der Waals surface area (Å²) < 4.78 is 24.4.